The third kappa shape index (κ3) is 2.37. The van der Waals surface area contributed by atoms with Gasteiger partial charge in [0.05, 0.1) is 18.5 Å². The van der Waals surface area contributed by atoms with Crippen molar-refractivity contribution >= 4 is 17.1 Å². The van der Waals surface area contributed by atoms with E-state index in [0.29, 0.717) is 11.4 Å². The monoisotopic (exact) mass is 246 g/mol. The molecule has 0 saturated heterocycles. The minimum absolute atomic E-state index is 0.283. The van der Waals surface area contributed by atoms with Gasteiger partial charge in [0.1, 0.15) is 11.6 Å². The number of anilines is 3. The van der Waals surface area contributed by atoms with Crippen LogP contribution in [0.25, 0.3) is 0 Å². The first-order valence-electron chi connectivity index (χ1n) is 5.57. The van der Waals surface area contributed by atoms with Crippen molar-refractivity contribution in [1.29, 1.82) is 0 Å². The van der Waals surface area contributed by atoms with Crippen LogP contribution >= 0.6 is 0 Å². The van der Waals surface area contributed by atoms with Crippen LogP contribution in [0.1, 0.15) is 5.56 Å². The van der Waals surface area contributed by atoms with Gasteiger partial charge in [0, 0.05) is 17.8 Å². The van der Waals surface area contributed by atoms with Crippen LogP contribution in [0.2, 0.25) is 0 Å². The minimum Gasteiger partial charge on any atom is -0.495 e. The van der Waals surface area contributed by atoms with Gasteiger partial charge in [-0.15, -0.1) is 0 Å². The first-order valence-corrected chi connectivity index (χ1v) is 5.57. The number of hydrogen-bond donors (Lipinski definition) is 2. The highest BCUT2D eigenvalue weighted by Gasteiger charge is 2.09. The molecule has 0 bridgehead atoms. The molecule has 0 amide bonds. The quantitative estimate of drug-likeness (QED) is 0.815. The molecular weight excluding hydrogens is 231 g/mol. The predicted octanol–water partition coefficient (Wildman–Crippen LogP) is 3.47. The summed E-state index contributed by atoms with van der Waals surface area (Å²) in [6.45, 7) is 1.95. The molecule has 0 spiro atoms. The van der Waals surface area contributed by atoms with Gasteiger partial charge in [0.25, 0.3) is 0 Å². The van der Waals surface area contributed by atoms with Gasteiger partial charge in [-0.25, -0.2) is 4.39 Å². The second kappa shape index (κ2) is 4.96. The van der Waals surface area contributed by atoms with Crippen LogP contribution in [-0.4, -0.2) is 7.11 Å². The van der Waals surface area contributed by atoms with Gasteiger partial charge in [-0.2, -0.15) is 0 Å². The van der Waals surface area contributed by atoms with Crippen molar-refractivity contribution in [3.8, 4) is 5.75 Å². The fourth-order valence-electron chi connectivity index (χ4n) is 1.70. The van der Waals surface area contributed by atoms with E-state index in [1.54, 1.807) is 6.07 Å². The maximum Gasteiger partial charge on any atom is 0.148 e. The van der Waals surface area contributed by atoms with Crippen LogP contribution in [0.15, 0.2) is 36.4 Å². The number of ether oxygens (including phenoxy) is 1. The van der Waals surface area contributed by atoms with Gasteiger partial charge in [0.2, 0.25) is 0 Å². The summed E-state index contributed by atoms with van der Waals surface area (Å²) in [6, 6.07) is 10.5. The molecule has 2 rings (SSSR count). The average molecular weight is 246 g/mol. The van der Waals surface area contributed by atoms with Gasteiger partial charge in [-0.3, -0.25) is 0 Å². The fourth-order valence-corrected chi connectivity index (χ4v) is 1.70. The summed E-state index contributed by atoms with van der Waals surface area (Å²) in [6.07, 6.45) is 0. The SMILES string of the molecule is COc1cc(Nc2ccccc2C)c(F)cc1N. The molecule has 0 unspecified atom stereocenters. The van der Waals surface area contributed by atoms with E-state index in [0.717, 1.165) is 11.3 Å². The summed E-state index contributed by atoms with van der Waals surface area (Å²) in [5.74, 6) is 0.0454. The van der Waals surface area contributed by atoms with Crippen LogP contribution in [0.4, 0.5) is 21.5 Å². The third-order valence-corrected chi connectivity index (χ3v) is 2.73. The number of para-hydroxylation sites is 1. The lowest BCUT2D eigenvalue weighted by atomic mass is 10.2. The number of nitrogens with two attached hydrogens (primary N) is 1. The van der Waals surface area contributed by atoms with Crippen molar-refractivity contribution in [2.75, 3.05) is 18.2 Å². The molecule has 0 aromatic heterocycles. The second-order valence-electron chi connectivity index (χ2n) is 4.01. The Morgan fingerprint density at radius 3 is 2.56 bits per heavy atom. The van der Waals surface area contributed by atoms with E-state index < -0.39 is 5.82 Å². The Hall–Kier alpha value is -2.23. The minimum atomic E-state index is -0.406. The van der Waals surface area contributed by atoms with Crippen molar-refractivity contribution in [1.82, 2.24) is 0 Å². The number of nitrogens with one attached hydrogen (secondary N) is 1. The van der Waals surface area contributed by atoms with Crippen molar-refractivity contribution < 1.29 is 9.13 Å². The first-order chi connectivity index (χ1) is 8.61. The van der Waals surface area contributed by atoms with E-state index in [-0.39, 0.29) is 5.69 Å². The van der Waals surface area contributed by atoms with E-state index in [2.05, 4.69) is 5.32 Å². The Labute approximate surface area is 105 Å². The van der Waals surface area contributed by atoms with Crippen LogP contribution < -0.4 is 15.8 Å². The van der Waals surface area contributed by atoms with Gasteiger partial charge in [-0.05, 0) is 18.6 Å². The highest BCUT2D eigenvalue weighted by atomic mass is 19.1. The molecule has 0 saturated carbocycles. The van der Waals surface area contributed by atoms with Crippen molar-refractivity contribution in [3.63, 3.8) is 0 Å². The molecule has 0 radical (unpaired) electrons. The standard InChI is InChI=1S/C14H15FN2O/c1-9-5-3-4-6-12(9)17-13-8-14(18-2)11(16)7-10(13)15/h3-8,17H,16H2,1-2H3. The lowest BCUT2D eigenvalue weighted by Crippen LogP contribution is -1.99. The zero-order chi connectivity index (χ0) is 13.1. The van der Waals surface area contributed by atoms with Crippen LogP contribution in [0.5, 0.6) is 5.75 Å². The molecule has 0 aliphatic rings. The molecule has 94 valence electrons. The Kier molecular flexibility index (Phi) is 3.37. The fraction of sp³-hybridized carbons (Fsp3) is 0.143. The molecule has 2 aromatic rings. The maximum atomic E-state index is 13.8. The number of methoxy groups -OCH3 is 1. The Balaban J connectivity index is 2.38. The van der Waals surface area contributed by atoms with Crippen LogP contribution in [0, 0.1) is 12.7 Å². The van der Waals surface area contributed by atoms with Gasteiger partial charge < -0.3 is 15.8 Å². The smallest absolute Gasteiger partial charge is 0.148 e. The predicted molar refractivity (Wildman–Crippen MR) is 71.8 cm³/mol. The zero-order valence-electron chi connectivity index (χ0n) is 10.3. The van der Waals surface area contributed by atoms with Crippen molar-refractivity contribution in [2.45, 2.75) is 6.92 Å². The van der Waals surface area contributed by atoms with Crippen LogP contribution in [0.3, 0.4) is 0 Å². The normalized spacial score (nSPS) is 10.2. The number of aryl methyl sites for hydroxylation is 1. The summed E-state index contributed by atoms with van der Waals surface area (Å²) < 4.78 is 18.9. The zero-order valence-corrected chi connectivity index (χ0v) is 10.3. The van der Waals surface area contributed by atoms with Crippen molar-refractivity contribution in [3.05, 3.63) is 47.8 Å². The average Bonchev–Trinajstić information content (AvgIpc) is 2.35. The molecule has 0 heterocycles. The van der Waals surface area contributed by atoms with E-state index in [9.17, 15) is 4.39 Å². The van der Waals surface area contributed by atoms with Crippen molar-refractivity contribution in [2.24, 2.45) is 0 Å². The number of benzene rings is 2. The molecular formula is C14H15FN2O. The topological polar surface area (TPSA) is 47.3 Å². The number of rotatable bonds is 3. The van der Waals surface area contributed by atoms with Gasteiger partial charge in [-0.1, -0.05) is 18.2 Å². The highest BCUT2D eigenvalue weighted by molar-refractivity contribution is 5.69. The molecule has 0 aliphatic carbocycles. The van der Waals surface area contributed by atoms with E-state index in [1.807, 2.05) is 31.2 Å². The Morgan fingerprint density at radius 2 is 1.89 bits per heavy atom. The first kappa shape index (κ1) is 12.2. The second-order valence-corrected chi connectivity index (χ2v) is 4.01. The molecule has 3 nitrogen and oxygen atoms in total. The van der Waals surface area contributed by atoms with Crippen LogP contribution in [-0.2, 0) is 0 Å². The van der Waals surface area contributed by atoms with E-state index in [1.165, 1.54) is 13.2 Å². The van der Waals surface area contributed by atoms with Gasteiger partial charge in [0.15, 0.2) is 0 Å². The van der Waals surface area contributed by atoms with E-state index in [4.69, 9.17) is 10.5 Å². The molecule has 3 N–H and O–H groups in total. The molecule has 0 fully saturated rings. The summed E-state index contributed by atoms with van der Waals surface area (Å²) in [5.41, 5.74) is 8.14. The molecule has 4 heteroatoms. The van der Waals surface area contributed by atoms with Gasteiger partial charge >= 0.3 is 0 Å². The molecule has 0 aliphatic heterocycles. The largest absolute Gasteiger partial charge is 0.495 e. The third-order valence-electron chi connectivity index (χ3n) is 2.73. The lowest BCUT2D eigenvalue weighted by Gasteiger charge is -2.12. The molecule has 2 aromatic carbocycles. The Morgan fingerprint density at radius 1 is 1.17 bits per heavy atom. The lowest BCUT2D eigenvalue weighted by molar-refractivity contribution is 0.416. The summed E-state index contributed by atoms with van der Waals surface area (Å²) in [4.78, 5) is 0. The molecule has 0 atom stereocenters. The maximum absolute atomic E-state index is 13.8. The number of halogens is 1. The van der Waals surface area contributed by atoms with E-state index >= 15 is 0 Å². The summed E-state index contributed by atoms with van der Waals surface area (Å²) in [7, 11) is 1.50. The number of hydrogen-bond acceptors (Lipinski definition) is 3. The molecule has 18 heavy (non-hydrogen) atoms. The Bertz CT molecular complexity index is 570. The highest BCUT2D eigenvalue weighted by Crippen LogP contribution is 2.30. The number of nitrogen functional groups attached to an aromatic ring is 1. The summed E-state index contributed by atoms with van der Waals surface area (Å²) in [5, 5.41) is 3.03. The summed E-state index contributed by atoms with van der Waals surface area (Å²) >= 11 is 0.